The molecule has 8 atom stereocenters. The molecular formula is C27H40O6. The number of allylic oxidation sites excluding steroid dienone is 1. The molecule has 0 saturated heterocycles. The lowest BCUT2D eigenvalue weighted by molar-refractivity contribution is -0.189. The molecule has 4 aliphatic carbocycles. The molecule has 2 bridgehead atoms. The van der Waals surface area contributed by atoms with Gasteiger partial charge in [-0.2, -0.15) is 0 Å². The monoisotopic (exact) mass is 460 g/mol. The van der Waals surface area contributed by atoms with E-state index in [9.17, 15) is 24.9 Å². The first-order valence-electron chi connectivity index (χ1n) is 12.6. The summed E-state index contributed by atoms with van der Waals surface area (Å²) in [6, 6.07) is 0. The second-order valence-corrected chi connectivity index (χ2v) is 11.8. The van der Waals surface area contributed by atoms with Crippen LogP contribution in [0, 0.1) is 34.5 Å². The van der Waals surface area contributed by atoms with Gasteiger partial charge >= 0.3 is 5.97 Å². The zero-order chi connectivity index (χ0) is 24.3. The van der Waals surface area contributed by atoms with Crippen molar-refractivity contribution < 1.29 is 30.0 Å². The summed E-state index contributed by atoms with van der Waals surface area (Å²) in [5.74, 6) is -0.784. The van der Waals surface area contributed by atoms with Crippen LogP contribution >= 0.6 is 0 Å². The van der Waals surface area contributed by atoms with Gasteiger partial charge in [-0.1, -0.05) is 52.2 Å². The number of carbonyl (C=O) groups excluding carboxylic acids is 1. The number of rotatable bonds is 8. The molecule has 0 amide bonds. The molecule has 0 aromatic carbocycles. The zero-order valence-corrected chi connectivity index (χ0v) is 20.4. The first kappa shape index (κ1) is 24.6. The van der Waals surface area contributed by atoms with Crippen LogP contribution < -0.4 is 0 Å². The van der Waals surface area contributed by atoms with Gasteiger partial charge < -0.3 is 20.4 Å². The highest BCUT2D eigenvalue weighted by Crippen LogP contribution is 2.71. The molecular weight excluding hydrogens is 420 g/mol. The summed E-state index contributed by atoms with van der Waals surface area (Å²) in [7, 11) is 0. The van der Waals surface area contributed by atoms with E-state index < -0.39 is 29.2 Å². The molecule has 1 unspecified atom stereocenters. The highest BCUT2D eigenvalue weighted by Gasteiger charge is 2.75. The van der Waals surface area contributed by atoms with Crippen molar-refractivity contribution in [2.75, 3.05) is 0 Å². The maximum atomic E-state index is 14.2. The third-order valence-corrected chi connectivity index (χ3v) is 9.61. The number of hydrogen-bond acceptors (Lipinski definition) is 5. The number of carboxylic acids is 1. The standard InChI is InChI=1S/C27H40O6/c1-15-14-26-16(2)12-19-21(25(19,3)4)18(24(26)32)13-17(23(31)27(26,33)22(15)30)10-8-6-5-7-9-11-20(28)29/h13-14,16,18-19,21-23,30-31,33H,5-12H2,1-4H3,(H,28,29)/t16-,18+,19-,21+,22+,23-,26?,27-/m1/s1. The van der Waals surface area contributed by atoms with Crippen LogP contribution in [0.25, 0.3) is 0 Å². The molecule has 33 heavy (non-hydrogen) atoms. The van der Waals surface area contributed by atoms with E-state index in [0.29, 0.717) is 29.9 Å². The highest BCUT2D eigenvalue weighted by atomic mass is 16.4. The zero-order valence-electron chi connectivity index (χ0n) is 20.4. The SMILES string of the molecule is CC1=CC23C(=O)[C@@H](C=C(CCCCCCCC(=O)O)[C@@H](O)[C@]2(O)[C@H]1O)[C@H]1[C@@H](C[C@H]3C)C1(C)C. The molecule has 2 saturated carbocycles. The minimum atomic E-state index is -1.95. The molecule has 0 aliphatic heterocycles. The molecule has 4 rings (SSSR count). The lowest BCUT2D eigenvalue weighted by Gasteiger charge is -2.48. The van der Waals surface area contributed by atoms with E-state index in [1.165, 1.54) is 0 Å². The largest absolute Gasteiger partial charge is 0.481 e. The number of unbranched alkanes of at least 4 members (excludes halogenated alkanes) is 4. The Morgan fingerprint density at radius 1 is 1.09 bits per heavy atom. The number of aliphatic hydroxyl groups excluding tert-OH is 2. The van der Waals surface area contributed by atoms with E-state index in [1.807, 2.05) is 13.0 Å². The molecule has 4 aliphatic rings. The summed E-state index contributed by atoms with van der Waals surface area (Å²) in [6.45, 7) is 8.16. The van der Waals surface area contributed by atoms with Crippen molar-refractivity contribution in [2.24, 2.45) is 34.5 Å². The predicted octanol–water partition coefficient (Wildman–Crippen LogP) is 3.64. The molecule has 1 spiro atoms. The Labute approximate surface area is 196 Å². The highest BCUT2D eigenvalue weighted by molar-refractivity contribution is 5.95. The fraction of sp³-hybridized carbons (Fsp3) is 0.778. The van der Waals surface area contributed by atoms with Gasteiger partial charge in [0.15, 0.2) is 5.78 Å². The van der Waals surface area contributed by atoms with Gasteiger partial charge in [-0.15, -0.1) is 0 Å². The van der Waals surface area contributed by atoms with Crippen LogP contribution in [0.3, 0.4) is 0 Å². The van der Waals surface area contributed by atoms with Gasteiger partial charge in [-0.3, -0.25) is 9.59 Å². The molecule has 0 radical (unpaired) electrons. The van der Waals surface area contributed by atoms with Crippen LogP contribution in [0.15, 0.2) is 23.3 Å². The number of ketones is 1. The van der Waals surface area contributed by atoms with Gasteiger partial charge in [-0.05, 0) is 66.9 Å². The number of carbonyl (C=O) groups is 2. The van der Waals surface area contributed by atoms with Crippen LogP contribution in [0.5, 0.6) is 0 Å². The van der Waals surface area contributed by atoms with E-state index in [1.54, 1.807) is 13.0 Å². The quantitative estimate of drug-likeness (QED) is 0.325. The second kappa shape index (κ2) is 8.31. The van der Waals surface area contributed by atoms with Crippen LogP contribution in [0.1, 0.15) is 79.1 Å². The number of carboxylic acid groups (broad SMARTS) is 1. The third kappa shape index (κ3) is 3.47. The summed E-state index contributed by atoms with van der Waals surface area (Å²) >= 11 is 0. The normalized spacial score (nSPS) is 43.1. The van der Waals surface area contributed by atoms with Crippen LogP contribution in [-0.4, -0.2) is 50.0 Å². The fourth-order valence-corrected chi connectivity index (χ4v) is 7.65. The Kier molecular flexibility index (Phi) is 6.20. The van der Waals surface area contributed by atoms with Crippen molar-refractivity contribution in [1.82, 2.24) is 0 Å². The summed E-state index contributed by atoms with van der Waals surface area (Å²) in [4.78, 5) is 24.8. The van der Waals surface area contributed by atoms with Gasteiger partial charge in [0.05, 0.1) is 5.41 Å². The summed E-state index contributed by atoms with van der Waals surface area (Å²) in [5, 5.41) is 43.4. The lowest BCUT2D eigenvalue weighted by Crippen LogP contribution is -2.65. The van der Waals surface area contributed by atoms with Gasteiger partial charge in [0.25, 0.3) is 0 Å². The Balaban J connectivity index is 1.61. The van der Waals surface area contributed by atoms with Crippen molar-refractivity contribution in [1.29, 1.82) is 0 Å². The van der Waals surface area contributed by atoms with Crippen molar-refractivity contribution in [3.63, 3.8) is 0 Å². The maximum Gasteiger partial charge on any atom is 0.303 e. The first-order chi connectivity index (χ1) is 15.4. The van der Waals surface area contributed by atoms with Crippen molar-refractivity contribution in [3.8, 4) is 0 Å². The van der Waals surface area contributed by atoms with E-state index >= 15 is 0 Å². The predicted molar refractivity (Wildman–Crippen MR) is 124 cm³/mol. The number of fused-ring (bicyclic) bond motifs is 3. The van der Waals surface area contributed by atoms with Crippen molar-refractivity contribution in [3.05, 3.63) is 23.3 Å². The molecule has 4 N–H and O–H groups in total. The minimum Gasteiger partial charge on any atom is -0.481 e. The summed E-state index contributed by atoms with van der Waals surface area (Å²) in [5.41, 5.74) is -1.95. The number of aliphatic hydroxyl groups is 3. The van der Waals surface area contributed by atoms with Crippen LogP contribution in [0.2, 0.25) is 0 Å². The first-order valence-corrected chi connectivity index (χ1v) is 12.6. The lowest BCUT2D eigenvalue weighted by atomic mass is 9.59. The second-order valence-electron chi connectivity index (χ2n) is 11.8. The molecule has 0 aromatic heterocycles. The molecule has 2 fully saturated rings. The smallest absolute Gasteiger partial charge is 0.303 e. The van der Waals surface area contributed by atoms with Gasteiger partial charge in [-0.25, -0.2) is 0 Å². The Morgan fingerprint density at radius 2 is 1.73 bits per heavy atom. The minimum absolute atomic E-state index is 0.0470. The average molecular weight is 461 g/mol. The van der Waals surface area contributed by atoms with Gasteiger partial charge in [0.1, 0.15) is 17.8 Å². The van der Waals surface area contributed by atoms with E-state index in [4.69, 9.17) is 5.11 Å². The fourth-order valence-electron chi connectivity index (χ4n) is 7.65. The number of hydrogen-bond donors (Lipinski definition) is 4. The van der Waals surface area contributed by atoms with Gasteiger partial charge in [0.2, 0.25) is 0 Å². The van der Waals surface area contributed by atoms with Gasteiger partial charge in [0, 0.05) is 12.3 Å². The van der Waals surface area contributed by atoms with Crippen molar-refractivity contribution >= 4 is 11.8 Å². The molecule has 184 valence electrons. The van der Waals surface area contributed by atoms with Crippen LogP contribution in [-0.2, 0) is 9.59 Å². The topological polar surface area (TPSA) is 115 Å². The average Bonchev–Trinajstić information content (AvgIpc) is 3.24. The maximum absolute atomic E-state index is 14.2. The Morgan fingerprint density at radius 3 is 2.39 bits per heavy atom. The van der Waals surface area contributed by atoms with E-state index in [0.717, 1.165) is 32.1 Å². The van der Waals surface area contributed by atoms with E-state index in [-0.39, 0.29) is 35.4 Å². The van der Waals surface area contributed by atoms with E-state index in [2.05, 4.69) is 13.8 Å². The Hall–Kier alpha value is -1.50. The third-order valence-electron chi connectivity index (χ3n) is 9.61. The summed E-state index contributed by atoms with van der Waals surface area (Å²) in [6.07, 6.45) is 6.76. The number of Topliss-reactive ketones (excluding diaryl/α,β-unsaturated/α-hetero) is 1. The van der Waals surface area contributed by atoms with Crippen LogP contribution in [0.4, 0.5) is 0 Å². The molecule has 6 heteroatoms. The summed E-state index contributed by atoms with van der Waals surface area (Å²) < 4.78 is 0. The molecule has 0 heterocycles. The molecule has 0 aromatic rings. The Bertz CT molecular complexity index is 887. The number of aliphatic carboxylic acids is 1. The molecule has 6 nitrogen and oxygen atoms in total. The van der Waals surface area contributed by atoms with Crippen molar-refractivity contribution in [2.45, 2.75) is 96.9 Å².